The Morgan fingerprint density at radius 1 is 1.21 bits per heavy atom. The lowest BCUT2D eigenvalue weighted by Crippen LogP contribution is -2.52. The topological polar surface area (TPSA) is 35.9 Å². The molecule has 0 aliphatic carbocycles. The quantitative estimate of drug-likeness (QED) is 0.836. The molecule has 130 valence electrons. The van der Waals surface area contributed by atoms with Crippen LogP contribution >= 0.6 is 11.3 Å². The van der Waals surface area contributed by atoms with Gasteiger partial charge in [0.15, 0.2) is 0 Å². The molecule has 0 radical (unpaired) electrons. The van der Waals surface area contributed by atoms with Gasteiger partial charge in [-0.25, -0.2) is 0 Å². The summed E-state index contributed by atoms with van der Waals surface area (Å²) in [7, 11) is 1.71. The van der Waals surface area contributed by atoms with Crippen molar-refractivity contribution in [3.63, 3.8) is 0 Å². The smallest absolute Gasteiger partial charge is 0.119 e. The first-order valence-electron chi connectivity index (χ1n) is 8.51. The summed E-state index contributed by atoms with van der Waals surface area (Å²) in [6.45, 7) is 5.29. The summed E-state index contributed by atoms with van der Waals surface area (Å²) in [5.74, 6) is 0.913. The Kier molecular flexibility index (Phi) is 6.26. The van der Waals surface area contributed by atoms with Crippen molar-refractivity contribution in [2.45, 2.75) is 25.6 Å². The van der Waals surface area contributed by atoms with E-state index in [4.69, 9.17) is 4.74 Å². The summed E-state index contributed by atoms with van der Waals surface area (Å²) in [6, 6.07) is 13.0. The van der Waals surface area contributed by atoms with Crippen molar-refractivity contribution >= 4 is 11.3 Å². The van der Waals surface area contributed by atoms with E-state index in [1.807, 2.05) is 23.5 Å². The largest absolute Gasteiger partial charge is 0.497 e. The summed E-state index contributed by atoms with van der Waals surface area (Å²) in [4.78, 5) is 6.41. The van der Waals surface area contributed by atoms with Crippen LogP contribution in [0.3, 0.4) is 0 Å². The van der Waals surface area contributed by atoms with Gasteiger partial charge in [0.1, 0.15) is 5.75 Å². The maximum atomic E-state index is 9.45. The number of hydrogen-bond acceptors (Lipinski definition) is 5. The standard InChI is InChI=1S/C19H26N2O2S/c1-23-18-5-2-4-16(12-18)13-20-8-9-21(17(14-20)7-10-22)15-19-6-3-11-24-19/h2-6,11-12,17,22H,7-10,13-15H2,1H3/t17-/m0/s1. The van der Waals surface area contributed by atoms with Gasteiger partial charge in [-0.1, -0.05) is 18.2 Å². The highest BCUT2D eigenvalue weighted by Crippen LogP contribution is 2.21. The summed E-state index contributed by atoms with van der Waals surface area (Å²) in [5.41, 5.74) is 1.28. The molecule has 1 saturated heterocycles. The van der Waals surface area contributed by atoms with Crippen molar-refractivity contribution in [3.05, 3.63) is 52.2 Å². The fourth-order valence-electron chi connectivity index (χ4n) is 3.36. The number of hydrogen-bond donors (Lipinski definition) is 1. The van der Waals surface area contributed by atoms with Crippen LogP contribution in [0.5, 0.6) is 5.75 Å². The Balaban J connectivity index is 1.61. The molecule has 3 rings (SSSR count). The zero-order valence-corrected chi connectivity index (χ0v) is 15.0. The van der Waals surface area contributed by atoms with Gasteiger partial charge in [0, 0.05) is 50.2 Å². The molecule has 1 aliphatic heterocycles. The minimum Gasteiger partial charge on any atom is -0.497 e. The van der Waals surface area contributed by atoms with Crippen LogP contribution in [0.25, 0.3) is 0 Å². The number of aliphatic hydroxyl groups excluding tert-OH is 1. The van der Waals surface area contributed by atoms with Crippen molar-refractivity contribution in [3.8, 4) is 5.75 Å². The van der Waals surface area contributed by atoms with E-state index in [2.05, 4.69) is 39.4 Å². The molecule has 1 atom stereocenters. The van der Waals surface area contributed by atoms with E-state index in [0.717, 1.165) is 44.9 Å². The number of methoxy groups -OCH3 is 1. The van der Waals surface area contributed by atoms with E-state index in [0.29, 0.717) is 6.04 Å². The van der Waals surface area contributed by atoms with Gasteiger partial charge in [0.2, 0.25) is 0 Å². The first kappa shape index (κ1) is 17.4. The lowest BCUT2D eigenvalue weighted by atomic mass is 10.1. The monoisotopic (exact) mass is 346 g/mol. The van der Waals surface area contributed by atoms with Crippen LogP contribution in [-0.2, 0) is 13.1 Å². The molecule has 1 N–H and O–H groups in total. The molecule has 0 amide bonds. The third-order valence-electron chi connectivity index (χ3n) is 4.63. The van der Waals surface area contributed by atoms with Gasteiger partial charge in [-0.05, 0) is 35.6 Å². The lowest BCUT2D eigenvalue weighted by Gasteiger charge is -2.41. The number of ether oxygens (including phenoxy) is 1. The normalized spacial score (nSPS) is 19.5. The van der Waals surface area contributed by atoms with Crippen LogP contribution in [0, 0.1) is 0 Å². The highest BCUT2D eigenvalue weighted by atomic mass is 32.1. The molecule has 0 unspecified atom stereocenters. The number of benzene rings is 1. The Morgan fingerprint density at radius 2 is 2.12 bits per heavy atom. The highest BCUT2D eigenvalue weighted by molar-refractivity contribution is 7.09. The summed E-state index contributed by atoms with van der Waals surface area (Å²) in [5, 5.41) is 11.6. The average Bonchev–Trinajstić information content (AvgIpc) is 3.11. The molecular formula is C19H26N2O2S. The molecule has 1 aromatic carbocycles. The highest BCUT2D eigenvalue weighted by Gasteiger charge is 2.26. The van der Waals surface area contributed by atoms with Crippen molar-refractivity contribution in [1.82, 2.24) is 9.80 Å². The van der Waals surface area contributed by atoms with Crippen molar-refractivity contribution in [1.29, 1.82) is 0 Å². The number of thiophene rings is 1. The first-order valence-corrected chi connectivity index (χ1v) is 9.39. The van der Waals surface area contributed by atoms with Crippen molar-refractivity contribution < 1.29 is 9.84 Å². The van der Waals surface area contributed by atoms with Crippen molar-refractivity contribution in [2.24, 2.45) is 0 Å². The molecule has 0 bridgehead atoms. The minimum absolute atomic E-state index is 0.249. The van der Waals surface area contributed by atoms with Crippen LogP contribution in [-0.4, -0.2) is 54.3 Å². The predicted molar refractivity (Wildman–Crippen MR) is 98.5 cm³/mol. The molecule has 2 aromatic rings. The van der Waals surface area contributed by atoms with Crippen LogP contribution < -0.4 is 4.74 Å². The third-order valence-corrected chi connectivity index (χ3v) is 5.49. The number of rotatable bonds is 7. The van der Waals surface area contributed by atoms with E-state index in [1.54, 1.807) is 7.11 Å². The molecule has 1 aliphatic rings. The van der Waals surface area contributed by atoms with Gasteiger partial charge in [0.25, 0.3) is 0 Å². The summed E-state index contributed by atoms with van der Waals surface area (Å²) in [6.07, 6.45) is 0.833. The van der Waals surface area contributed by atoms with Crippen molar-refractivity contribution in [2.75, 3.05) is 33.4 Å². The maximum absolute atomic E-state index is 9.45. The van der Waals surface area contributed by atoms with Gasteiger partial charge in [-0.15, -0.1) is 11.3 Å². The van der Waals surface area contributed by atoms with Crippen LogP contribution in [0.1, 0.15) is 16.9 Å². The zero-order chi connectivity index (χ0) is 16.8. The fourth-order valence-corrected chi connectivity index (χ4v) is 4.09. The minimum atomic E-state index is 0.249. The Labute approximate surface area is 148 Å². The van der Waals surface area contributed by atoms with Gasteiger partial charge >= 0.3 is 0 Å². The molecule has 4 nitrogen and oxygen atoms in total. The SMILES string of the molecule is COc1cccc(CN2CCN(Cc3cccs3)[C@@H](CCO)C2)c1. The van der Waals surface area contributed by atoms with Crippen LogP contribution in [0.15, 0.2) is 41.8 Å². The van der Waals surface area contributed by atoms with E-state index < -0.39 is 0 Å². The molecule has 1 aromatic heterocycles. The molecule has 5 heteroatoms. The maximum Gasteiger partial charge on any atom is 0.119 e. The molecule has 0 saturated carbocycles. The van der Waals surface area contributed by atoms with Gasteiger partial charge in [0.05, 0.1) is 7.11 Å². The number of nitrogens with zero attached hydrogens (tertiary/aromatic N) is 2. The van der Waals surface area contributed by atoms with Crippen LogP contribution in [0.4, 0.5) is 0 Å². The lowest BCUT2D eigenvalue weighted by molar-refractivity contribution is 0.0506. The third kappa shape index (κ3) is 4.57. The Morgan fingerprint density at radius 3 is 2.88 bits per heavy atom. The van der Waals surface area contributed by atoms with Crippen LogP contribution in [0.2, 0.25) is 0 Å². The van der Waals surface area contributed by atoms with Gasteiger partial charge in [-0.3, -0.25) is 9.80 Å². The van der Waals surface area contributed by atoms with E-state index in [9.17, 15) is 5.11 Å². The number of piperazine rings is 1. The molecule has 24 heavy (non-hydrogen) atoms. The van der Waals surface area contributed by atoms with E-state index in [-0.39, 0.29) is 6.61 Å². The molecule has 2 heterocycles. The molecule has 1 fully saturated rings. The zero-order valence-electron chi connectivity index (χ0n) is 14.2. The fraction of sp³-hybridized carbons (Fsp3) is 0.474. The first-order chi connectivity index (χ1) is 11.8. The second-order valence-corrected chi connectivity index (χ2v) is 7.33. The summed E-state index contributed by atoms with van der Waals surface area (Å²) >= 11 is 1.81. The number of aliphatic hydroxyl groups is 1. The average molecular weight is 346 g/mol. The van der Waals surface area contributed by atoms with E-state index in [1.165, 1.54) is 10.4 Å². The van der Waals surface area contributed by atoms with E-state index >= 15 is 0 Å². The molecular weight excluding hydrogens is 320 g/mol. The Hall–Kier alpha value is -1.40. The van der Waals surface area contributed by atoms with Gasteiger partial charge in [-0.2, -0.15) is 0 Å². The predicted octanol–water partition coefficient (Wildman–Crippen LogP) is 2.83. The van der Waals surface area contributed by atoms with Gasteiger partial charge < -0.3 is 9.84 Å². The second kappa shape index (κ2) is 8.62. The molecule has 0 spiro atoms. The summed E-state index contributed by atoms with van der Waals surface area (Å²) < 4.78 is 5.32. The Bertz CT molecular complexity index is 618. The second-order valence-electron chi connectivity index (χ2n) is 6.30.